The lowest BCUT2D eigenvalue weighted by atomic mass is 9.98. The smallest absolute Gasteiger partial charge is 0.326 e. The van der Waals surface area contributed by atoms with E-state index < -0.39 is 126 Å². The van der Waals surface area contributed by atoms with Crippen LogP contribution in [-0.4, -0.2) is 136 Å². The normalized spacial score (nSPS) is 14.8. The van der Waals surface area contributed by atoms with Crippen molar-refractivity contribution in [1.29, 1.82) is 0 Å². The number of aliphatic imine (C=N–C) groups is 1. The number of nitrogens with zero attached hydrogens (tertiary/aromatic N) is 1. The summed E-state index contributed by atoms with van der Waals surface area (Å²) in [6.07, 6.45) is 2.51. The SMILES string of the molecule is CC(C)C[C@H](NC(=O)[C@@H](N)CCCN=C(N)N)C(=O)N[C@H](C(=O)N[C@@H](Cc1c[nH]c2ccccc12)C(=O)N[C@@H](C)C(=O)N[C@@H](CS)C(=O)N[C@H](C(=O)NCC(=O)N[C@H](C(=O)O)C(C)C)C(C)C)C(C)C. The summed E-state index contributed by atoms with van der Waals surface area (Å²) >= 11 is 4.23. The number of rotatable bonds is 29. The Bertz CT molecular complexity index is 2160. The Hall–Kier alpha value is -6.43. The van der Waals surface area contributed by atoms with Crippen LogP contribution in [0.25, 0.3) is 10.9 Å². The molecule has 0 aliphatic heterocycles. The predicted octanol–water partition coefficient (Wildman–Crippen LogP) is -1.35. The number of nitrogens with two attached hydrogens (primary N) is 3. The van der Waals surface area contributed by atoms with Crippen molar-refractivity contribution in [2.24, 2.45) is 45.9 Å². The van der Waals surface area contributed by atoms with Crippen molar-refractivity contribution >= 4 is 82.7 Å². The molecule has 16 N–H and O–H groups in total. The Morgan fingerprint density at radius 1 is 0.657 bits per heavy atom. The van der Waals surface area contributed by atoms with Gasteiger partial charge in [-0.05, 0) is 61.5 Å². The average Bonchev–Trinajstić information content (AvgIpc) is 3.69. The monoisotopic (exact) mass is 1000 g/mol. The van der Waals surface area contributed by atoms with Gasteiger partial charge in [-0.1, -0.05) is 73.6 Å². The van der Waals surface area contributed by atoms with Gasteiger partial charge in [0, 0.05) is 35.8 Å². The van der Waals surface area contributed by atoms with Crippen LogP contribution in [0.15, 0.2) is 35.5 Å². The van der Waals surface area contributed by atoms with Gasteiger partial charge < -0.3 is 69.8 Å². The van der Waals surface area contributed by atoms with E-state index in [9.17, 15) is 48.3 Å². The molecular weight excluding hydrogens is 927 g/mol. The minimum absolute atomic E-state index is 0.0526. The summed E-state index contributed by atoms with van der Waals surface area (Å²) in [6, 6.07) is -2.16. The number of benzene rings is 1. The highest BCUT2D eigenvalue weighted by molar-refractivity contribution is 7.80. The molecule has 0 aliphatic carbocycles. The molecule has 0 spiro atoms. The fourth-order valence-electron chi connectivity index (χ4n) is 7.09. The number of aromatic nitrogens is 1. The van der Waals surface area contributed by atoms with Crippen LogP contribution < -0.4 is 59.7 Å². The standard InChI is InChI=1S/C46H75N13O10S/c1-22(2)17-31(54-39(62)29(47)14-12-16-50-46(48)49)41(64)59-36(24(5)6)44(67)55-32(18-27-19-51-30-15-11-10-13-28(27)30)40(63)53-26(9)38(61)56-33(21-70)42(65)58-35(23(3)4)43(66)52-20-34(60)57-37(25(7)8)45(68)69/h10-11,13,15,19,22-26,29,31-33,35-37,51,70H,12,14,16-18,20-21,47H2,1-9H3,(H,52,66)(H,53,63)(H,54,62)(H,55,67)(H,56,61)(H,57,60)(H,58,65)(H,59,64)(H,68,69)(H4,48,49,50)/t26-,29-,31-,32-,33-,35-,36-,37-/m0/s1. The van der Waals surface area contributed by atoms with Crippen molar-refractivity contribution in [2.75, 3.05) is 18.8 Å². The van der Waals surface area contributed by atoms with Crippen molar-refractivity contribution in [3.05, 3.63) is 36.0 Å². The lowest BCUT2D eigenvalue weighted by molar-refractivity contribution is -0.143. The highest BCUT2D eigenvalue weighted by Gasteiger charge is 2.35. The van der Waals surface area contributed by atoms with Gasteiger partial charge in [-0.15, -0.1) is 0 Å². The average molecular weight is 1000 g/mol. The first-order chi connectivity index (χ1) is 32.8. The zero-order valence-electron chi connectivity index (χ0n) is 41.5. The Labute approximate surface area is 414 Å². The van der Waals surface area contributed by atoms with Crippen molar-refractivity contribution in [1.82, 2.24) is 47.5 Å². The third-order valence-electron chi connectivity index (χ3n) is 11.1. The fourth-order valence-corrected chi connectivity index (χ4v) is 7.34. The second-order valence-corrected chi connectivity index (χ2v) is 19.0. The van der Waals surface area contributed by atoms with Gasteiger partial charge in [-0.3, -0.25) is 43.3 Å². The molecule has 0 unspecified atom stereocenters. The lowest BCUT2D eigenvalue weighted by Gasteiger charge is -2.29. The third-order valence-corrected chi connectivity index (χ3v) is 11.5. The number of carboxylic acid groups (broad SMARTS) is 1. The first-order valence-electron chi connectivity index (χ1n) is 23.4. The number of carboxylic acids is 1. The van der Waals surface area contributed by atoms with E-state index in [0.717, 1.165) is 10.9 Å². The zero-order valence-corrected chi connectivity index (χ0v) is 42.4. The summed E-state index contributed by atoms with van der Waals surface area (Å²) in [5, 5.41) is 30.8. The van der Waals surface area contributed by atoms with Gasteiger partial charge in [0.1, 0.15) is 42.3 Å². The Morgan fingerprint density at radius 3 is 1.76 bits per heavy atom. The largest absolute Gasteiger partial charge is 0.480 e. The summed E-state index contributed by atoms with van der Waals surface area (Å²) in [4.78, 5) is 126. The number of nitrogens with one attached hydrogen (secondary N) is 9. The molecule has 0 bridgehead atoms. The molecule has 1 aromatic carbocycles. The Balaban J connectivity index is 2.26. The van der Waals surface area contributed by atoms with Gasteiger partial charge in [0.25, 0.3) is 0 Å². The number of hydrogen-bond donors (Lipinski definition) is 14. The number of carbonyl (C=O) groups is 9. The van der Waals surface area contributed by atoms with Crippen LogP contribution in [0.4, 0.5) is 0 Å². The second-order valence-electron chi connectivity index (χ2n) is 18.7. The van der Waals surface area contributed by atoms with E-state index in [0.29, 0.717) is 12.0 Å². The molecule has 0 radical (unpaired) electrons. The molecule has 2 aromatic rings. The van der Waals surface area contributed by atoms with E-state index in [-0.39, 0.29) is 43.4 Å². The molecule has 1 aromatic heterocycles. The number of hydrogen-bond acceptors (Lipinski definition) is 12. The molecule has 0 aliphatic rings. The molecular formula is C46H75N13O10S. The van der Waals surface area contributed by atoms with Gasteiger partial charge in [0.15, 0.2) is 5.96 Å². The van der Waals surface area contributed by atoms with Crippen LogP contribution in [0.2, 0.25) is 0 Å². The number of carbonyl (C=O) groups excluding carboxylic acids is 8. The van der Waals surface area contributed by atoms with Gasteiger partial charge in [-0.25, -0.2) is 4.79 Å². The number of para-hydroxylation sites is 1. The molecule has 8 amide bonds. The van der Waals surface area contributed by atoms with Crippen LogP contribution in [0.3, 0.4) is 0 Å². The second kappa shape index (κ2) is 28.9. The molecule has 2 rings (SSSR count). The topological polar surface area (TPSA) is 376 Å². The number of fused-ring (bicyclic) bond motifs is 1. The highest BCUT2D eigenvalue weighted by atomic mass is 32.1. The first-order valence-corrected chi connectivity index (χ1v) is 24.0. The van der Waals surface area contributed by atoms with Crippen molar-refractivity contribution in [3.63, 3.8) is 0 Å². The van der Waals surface area contributed by atoms with Crippen LogP contribution in [0.5, 0.6) is 0 Å². The molecule has 0 saturated heterocycles. The summed E-state index contributed by atoms with van der Waals surface area (Å²) in [6.45, 7) is 14.7. The summed E-state index contributed by atoms with van der Waals surface area (Å²) < 4.78 is 0. The quantitative estimate of drug-likeness (QED) is 0.0194. The van der Waals surface area contributed by atoms with Crippen LogP contribution in [0, 0.1) is 23.7 Å². The summed E-state index contributed by atoms with van der Waals surface area (Å²) in [5.74, 6) is -8.85. The van der Waals surface area contributed by atoms with Gasteiger partial charge in [-0.2, -0.15) is 12.6 Å². The molecule has 0 saturated carbocycles. The van der Waals surface area contributed by atoms with Crippen LogP contribution in [-0.2, 0) is 49.6 Å². The Kier molecular flexibility index (Phi) is 24.7. The van der Waals surface area contributed by atoms with E-state index >= 15 is 0 Å². The maximum Gasteiger partial charge on any atom is 0.326 e. The van der Waals surface area contributed by atoms with Crippen molar-refractivity contribution in [2.45, 2.75) is 136 Å². The van der Waals surface area contributed by atoms with Gasteiger partial charge in [0.2, 0.25) is 47.3 Å². The van der Waals surface area contributed by atoms with Gasteiger partial charge in [0.05, 0.1) is 12.6 Å². The number of guanidine groups is 1. The molecule has 1 heterocycles. The van der Waals surface area contributed by atoms with E-state index in [4.69, 9.17) is 17.2 Å². The summed E-state index contributed by atoms with van der Waals surface area (Å²) in [5.41, 5.74) is 18.3. The number of aliphatic carboxylic acids is 1. The molecule has 8 atom stereocenters. The zero-order chi connectivity index (χ0) is 53.0. The molecule has 70 heavy (non-hydrogen) atoms. The van der Waals surface area contributed by atoms with E-state index in [1.807, 2.05) is 38.1 Å². The third kappa shape index (κ3) is 19.5. The number of thiol groups is 1. The summed E-state index contributed by atoms with van der Waals surface area (Å²) in [7, 11) is 0. The molecule has 0 fully saturated rings. The molecule has 23 nitrogen and oxygen atoms in total. The molecule has 24 heteroatoms. The predicted molar refractivity (Wildman–Crippen MR) is 268 cm³/mol. The minimum atomic E-state index is -1.31. The maximum absolute atomic E-state index is 14.2. The van der Waals surface area contributed by atoms with E-state index in [1.165, 1.54) is 6.92 Å². The van der Waals surface area contributed by atoms with Crippen molar-refractivity contribution < 1.29 is 48.3 Å². The number of amides is 8. The first kappa shape index (κ1) is 59.7. The fraction of sp³-hybridized carbons (Fsp3) is 0.609. The van der Waals surface area contributed by atoms with Crippen LogP contribution in [0.1, 0.15) is 87.1 Å². The minimum Gasteiger partial charge on any atom is -0.480 e. The lowest BCUT2D eigenvalue weighted by Crippen LogP contribution is -2.61. The van der Waals surface area contributed by atoms with E-state index in [2.05, 4.69) is 65.1 Å². The van der Waals surface area contributed by atoms with Gasteiger partial charge >= 0.3 is 5.97 Å². The Morgan fingerprint density at radius 2 is 1.20 bits per heavy atom. The van der Waals surface area contributed by atoms with Crippen molar-refractivity contribution in [3.8, 4) is 0 Å². The van der Waals surface area contributed by atoms with Crippen LogP contribution >= 0.6 is 12.6 Å². The maximum atomic E-state index is 14.2. The highest BCUT2D eigenvalue weighted by Crippen LogP contribution is 2.20. The molecule has 390 valence electrons. The number of H-pyrrole nitrogens is 1. The van der Waals surface area contributed by atoms with E-state index in [1.54, 1.807) is 47.7 Å². The number of aromatic amines is 1.